The van der Waals surface area contributed by atoms with Gasteiger partial charge in [0, 0.05) is 22.9 Å². The van der Waals surface area contributed by atoms with Gasteiger partial charge in [-0.3, -0.25) is 5.10 Å². The number of benzene rings is 1. The van der Waals surface area contributed by atoms with Gasteiger partial charge in [0.25, 0.3) is 0 Å². The summed E-state index contributed by atoms with van der Waals surface area (Å²) >= 11 is 6.13. The van der Waals surface area contributed by atoms with E-state index in [1.54, 1.807) is 12.3 Å². The van der Waals surface area contributed by atoms with E-state index in [9.17, 15) is 0 Å². The number of fused-ring (bicyclic) bond motifs is 1. The van der Waals surface area contributed by atoms with Gasteiger partial charge in [-0.05, 0) is 25.1 Å². The second-order valence-electron chi connectivity index (χ2n) is 4.88. The number of halogens is 1. The van der Waals surface area contributed by atoms with Gasteiger partial charge < -0.3 is 10.5 Å². The zero-order valence-electron chi connectivity index (χ0n) is 12.6. The third kappa shape index (κ3) is 4.00. The first-order chi connectivity index (χ1) is 10.7. The monoisotopic (exact) mass is 317 g/mol. The smallest absolute Gasteiger partial charge is 0.147 e. The number of nitrogens with one attached hydrogen (secondary N) is 1. The molecule has 0 radical (unpaired) electrons. The van der Waals surface area contributed by atoms with Crippen LogP contribution in [0.4, 0.5) is 0 Å². The molecule has 5 heteroatoms. The number of aromatic nitrogens is 2. The molecule has 1 atom stereocenters. The largest absolute Gasteiger partial charge is 0.483 e. The highest BCUT2D eigenvalue weighted by molar-refractivity contribution is 6.31. The number of hydrogen-bond donors (Lipinski definition) is 2. The van der Waals surface area contributed by atoms with Crippen molar-refractivity contribution in [2.45, 2.75) is 19.4 Å². The van der Waals surface area contributed by atoms with Crippen LogP contribution in [0.1, 0.15) is 13.3 Å². The maximum atomic E-state index is 6.13. The first-order valence-electron chi connectivity index (χ1n) is 7.13. The number of nitrogens with two attached hydrogens (primary N) is 1. The zero-order chi connectivity index (χ0) is 15.9. The average Bonchev–Trinajstić information content (AvgIpc) is 2.95. The molecule has 0 unspecified atom stereocenters. The van der Waals surface area contributed by atoms with Crippen LogP contribution in [0.3, 0.4) is 0 Å². The van der Waals surface area contributed by atoms with E-state index in [1.807, 2.05) is 37.3 Å². The van der Waals surface area contributed by atoms with Crippen molar-refractivity contribution in [2.24, 2.45) is 5.73 Å². The fourth-order valence-corrected chi connectivity index (χ4v) is 2.32. The highest BCUT2D eigenvalue weighted by Gasteiger charge is 2.15. The average molecular weight is 318 g/mol. The first-order valence-corrected chi connectivity index (χ1v) is 7.51. The molecule has 3 N–H and O–H groups in total. The Balaban J connectivity index is 2.26. The van der Waals surface area contributed by atoms with Gasteiger partial charge in [0.15, 0.2) is 0 Å². The predicted molar refractivity (Wildman–Crippen MR) is 92.3 cm³/mol. The third-order valence-corrected chi connectivity index (χ3v) is 3.42. The van der Waals surface area contributed by atoms with Gasteiger partial charge in [0.2, 0.25) is 0 Å². The van der Waals surface area contributed by atoms with Crippen molar-refractivity contribution < 1.29 is 4.74 Å². The number of ether oxygens (including phenoxy) is 1. The zero-order valence-corrected chi connectivity index (χ0v) is 13.3. The van der Waals surface area contributed by atoms with Crippen LogP contribution in [0.2, 0.25) is 5.02 Å². The minimum atomic E-state index is -0.212. The summed E-state index contributed by atoms with van der Waals surface area (Å²) in [5.74, 6) is 0.652. The quantitative estimate of drug-likeness (QED) is 0.759. The lowest BCUT2D eigenvalue weighted by molar-refractivity contribution is 0.236. The molecule has 22 heavy (non-hydrogen) atoms. The summed E-state index contributed by atoms with van der Waals surface area (Å²) in [4.78, 5) is 0. The van der Waals surface area contributed by atoms with Gasteiger partial charge in [-0.15, -0.1) is 0 Å². The summed E-state index contributed by atoms with van der Waals surface area (Å²) in [6.07, 6.45) is 9.92. The number of nitrogens with zero attached hydrogens (tertiary/aromatic N) is 1. The molecule has 1 heterocycles. The van der Waals surface area contributed by atoms with E-state index < -0.39 is 0 Å². The Labute approximate surface area is 135 Å². The lowest BCUT2D eigenvalue weighted by Crippen LogP contribution is -2.22. The highest BCUT2D eigenvalue weighted by atomic mass is 35.5. The van der Waals surface area contributed by atoms with Crippen LogP contribution >= 0.6 is 11.6 Å². The number of rotatable bonds is 7. The van der Waals surface area contributed by atoms with Crippen LogP contribution in [0, 0.1) is 0 Å². The van der Waals surface area contributed by atoms with Crippen molar-refractivity contribution in [2.75, 3.05) is 6.54 Å². The van der Waals surface area contributed by atoms with Crippen molar-refractivity contribution >= 4 is 22.5 Å². The Bertz CT molecular complexity index is 703. The van der Waals surface area contributed by atoms with E-state index in [2.05, 4.69) is 16.8 Å². The van der Waals surface area contributed by atoms with Gasteiger partial charge in [0.05, 0.1) is 6.20 Å². The molecule has 0 saturated carbocycles. The van der Waals surface area contributed by atoms with Gasteiger partial charge in [-0.25, -0.2) is 0 Å². The standard InChI is InChI=1S/C17H20ClN3O/c1-3-4-5-6-12(2)15(7-8-19)22-16-10-14(18)9-13-11-20-21-17(13)16/h3-6,9-11,15H,2,7-8,19H2,1H3,(H,20,21)/b4-3-,6-5-/t15-/m1/s1. The van der Waals surface area contributed by atoms with Crippen LogP contribution < -0.4 is 10.5 Å². The lowest BCUT2D eigenvalue weighted by Gasteiger charge is -2.19. The van der Waals surface area contributed by atoms with Gasteiger partial charge in [-0.1, -0.05) is 42.5 Å². The van der Waals surface area contributed by atoms with E-state index in [1.165, 1.54) is 0 Å². The molecule has 0 spiro atoms. The first kappa shape index (κ1) is 16.3. The van der Waals surface area contributed by atoms with E-state index in [-0.39, 0.29) is 6.10 Å². The predicted octanol–water partition coefficient (Wildman–Crippen LogP) is 4.00. The molecule has 0 aliphatic carbocycles. The van der Waals surface area contributed by atoms with E-state index in [0.29, 0.717) is 23.7 Å². The molecule has 2 aromatic rings. The third-order valence-electron chi connectivity index (χ3n) is 3.20. The second-order valence-corrected chi connectivity index (χ2v) is 5.32. The Kier molecular flexibility index (Phi) is 5.81. The Hall–Kier alpha value is -2.04. The molecule has 0 aliphatic heterocycles. The fraction of sp³-hybridized carbons (Fsp3) is 0.235. The fourth-order valence-electron chi connectivity index (χ4n) is 2.11. The molecule has 1 aromatic carbocycles. The minimum absolute atomic E-state index is 0.212. The molecule has 116 valence electrons. The van der Waals surface area contributed by atoms with Gasteiger partial charge >= 0.3 is 0 Å². The summed E-state index contributed by atoms with van der Waals surface area (Å²) in [5.41, 5.74) is 7.37. The van der Waals surface area contributed by atoms with Crippen LogP contribution in [0.15, 0.2) is 54.8 Å². The highest BCUT2D eigenvalue weighted by Crippen LogP contribution is 2.30. The van der Waals surface area contributed by atoms with Crippen LogP contribution in [0.25, 0.3) is 10.9 Å². The topological polar surface area (TPSA) is 63.9 Å². The van der Waals surface area contributed by atoms with Crippen molar-refractivity contribution in [3.8, 4) is 5.75 Å². The lowest BCUT2D eigenvalue weighted by atomic mass is 10.1. The SMILES string of the molecule is C=C(/C=C\C=C/C)[C@@H](CCN)Oc1cc(Cl)cc2cn[nH]c12. The number of H-pyrrole nitrogens is 1. The molecule has 1 aromatic heterocycles. The maximum absolute atomic E-state index is 6.13. The minimum Gasteiger partial charge on any atom is -0.483 e. The molecule has 4 nitrogen and oxygen atoms in total. The summed E-state index contributed by atoms with van der Waals surface area (Å²) < 4.78 is 6.09. The van der Waals surface area contributed by atoms with Crippen LogP contribution in [0.5, 0.6) is 5.75 Å². The van der Waals surface area contributed by atoms with Crippen LogP contribution in [-0.4, -0.2) is 22.8 Å². The van der Waals surface area contributed by atoms with Crippen molar-refractivity contribution in [3.05, 3.63) is 59.8 Å². The van der Waals surface area contributed by atoms with Crippen molar-refractivity contribution in [3.63, 3.8) is 0 Å². The number of hydrogen-bond acceptors (Lipinski definition) is 3. The Morgan fingerprint density at radius 3 is 3.05 bits per heavy atom. The molecular formula is C17H20ClN3O. The van der Waals surface area contributed by atoms with Crippen molar-refractivity contribution in [1.29, 1.82) is 0 Å². The molecule has 2 rings (SSSR count). The summed E-state index contributed by atoms with van der Waals surface area (Å²) in [7, 11) is 0. The molecule has 0 aliphatic rings. The molecular weight excluding hydrogens is 298 g/mol. The molecule has 0 bridgehead atoms. The van der Waals surface area contributed by atoms with E-state index in [0.717, 1.165) is 16.5 Å². The summed E-state index contributed by atoms with van der Waals surface area (Å²) in [6, 6.07) is 3.61. The van der Waals surface area contributed by atoms with E-state index >= 15 is 0 Å². The molecule has 0 saturated heterocycles. The molecule has 0 fully saturated rings. The molecule has 0 amide bonds. The van der Waals surface area contributed by atoms with E-state index in [4.69, 9.17) is 22.1 Å². The number of allylic oxidation sites excluding steroid dienone is 3. The van der Waals surface area contributed by atoms with Crippen molar-refractivity contribution in [1.82, 2.24) is 10.2 Å². The normalized spacial score (nSPS) is 13.2. The number of aromatic amines is 1. The maximum Gasteiger partial charge on any atom is 0.147 e. The second kappa shape index (κ2) is 7.82. The van der Waals surface area contributed by atoms with Gasteiger partial charge in [0.1, 0.15) is 17.4 Å². The Morgan fingerprint density at radius 1 is 1.50 bits per heavy atom. The van der Waals surface area contributed by atoms with Gasteiger partial charge in [-0.2, -0.15) is 5.10 Å². The van der Waals surface area contributed by atoms with Crippen LogP contribution in [-0.2, 0) is 0 Å². The Morgan fingerprint density at radius 2 is 2.32 bits per heavy atom. The summed E-state index contributed by atoms with van der Waals surface area (Å²) in [6.45, 7) is 6.54. The summed E-state index contributed by atoms with van der Waals surface area (Å²) in [5, 5.41) is 8.47.